The number of anilines is 1. The highest BCUT2D eigenvalue weighted by Gasteiger charge is 2.33. The number of hydrogen-bond donors (Lipinski definition) is 3. The topological polar surface area (TPSA) is 101 Å². The summed E-state index contributed by atoms with van der Waals surface area (Å²) in [5.41, 5.74) is 7.55. The van der Waals surface area contributed by atoms with E-state index in [2.05, 4.69) is 15.2 Å². The number of aromatic nitrogens is 1. The third-order valence-corrected chi connectivity index (χ3v) is 5.61. The predicted octanol–water partition coefficient (Wildman–Crippen LogP) is 2.11. The monoisotopic (exact) mass is 380 g/mol. The predicted molar refractivity (Wildman–Crippen MR) is 112 cm³/mol. The van der Waals surface area contributed by atoms with Gasteiger partial charge in [0.2, 0.25) is 5.91 Å². The number of nitrogens with zero attached hydrogens (tertiary/aromatic N) is 3. The third-order valence-electron chi connectivity index (χ3n) is 5.61. The van der Waals surface area contributed by atoms with Crippen LogP contribution in [0.15, 0.2) is 36.7 Å². The second-order valence-electron chi connectivity index (χ2n) is 7.91. The van der Waals surface area contributed by atoms with Crippen molar-refractivity contribution in [3.63, 3.8) is 0 Å². The van der Waals surface area contributed by atoms with Crippen molar-refractivity contribution in [3.8, 4) is 0 Å². The van der Waals surface area contributed by atoms with E-state index in [1.165, 1.54) is 17.9 Å². The standard InChI is InChI=1S/C21H28N6O/c1-26(23)13-19(22)15-2-3-16-12-24-20(11-17(16)10-15)25-21(28)14-6-8-27(9-7-14)18-4-5-18/h2-3,10-14,18H,4-9,22-23H2,1H3,(H,24,25,28)/b19-13-. The molecule has 1 aliphatic heterocycles. The highest BCUT2D eigenvalue weighted by Crippen LogP contribution is 2.31. The van der Waals surface area contributed by atoms with Crippen LogP contribution in [-0.4, -0.2) is 47.0 Å². The molecule has 1 aromatic carbocycles. The summed E-state index contributed by atoms with van der Waals surface area (Å²) >= 11 is 0. The molecule has 4 rings (SSSR count). The zero-order valence-corrected chi connectivity index (χ0v) is 16.3. The molecule has 7 nitrogen and oxygen atoms in total. The summed E-state index contributed by atoms with van der Waals surface area (Å²) in [4.78, 5) is 19.6. The van der Waals surface area contributed by atoms with E-state index in [-0.39, 0.29) is 11.8 Å². The number of fused-ring (bicyclic) bond motifs is 1. The van der Waals surface area contributed by atoms with Gasteiger partial charge >= 0.3 is 0 Å². The molecule has 1 saturated carbocycles. The van der Waals surface area contributed by atoms with Gasteiger partial charge in [-0.05, 0) is 61.9 Å². The van der Waals surface area contributed by atoms with Crippen LogP contribution in [0, 0.1) is 5.92 Å². The van der Waals surface area contributed by atoms with E-state index in [9.17, 15) is 4.79 Å². The maximum atomic E-state index is 12.7. The van der Waals surface area contributed by atoms with Gasteiger partial charge in [-0.25, -0.2) is 10.8 Å². The molecule has 0 spiro atoms. The number of nitrogens with two attached hydrogens (primary N) is 2. The molecule has 2 aliphatic rings. The molecule has 2 heterocycles. The molecule has 1 amide bonds. The van der Waals surface area contributed by atoms with Gasteiger partial charge in [0.1, 0.15) is 5.82 Å². The Hall–Kier alpha value is -2.64. The van der Waals surface area contributed by atoms with E-state index < -0.39 is 0 Å². The first kappa shape index (κ1) is 18.7. The van der Waals surface area contributed by atoms with Crippen LogP contribution in [-0.2, 0) is 4.79 Å². The van der Waals surface area contributed by atoms with Crippen molar-refractivity contribution in [1.82, 2.24) is 14.9 Å². The number of carbonyl (C=O) groups excluding carboxylic acids is 1. The first-order valence-corrected chi connectivity index (χ1v) is 9.89. The number of hydrazine groups is 1. The Kier molecular flexibility index (Phi) is 5.19. The van der Waals surface area contributed by atoms with E-state index >= 15 is 0 Å². The van der Waals surface area contributed by atoms with Crippen LogP contribution in [0.25, 0.3) is 16.5 Å². The molecule has 1 saturated heterocycles. The van der Waals surface area contributed by atoms with Crippen molar-refractivity contribution in [1.29, 1.82) is 0 Å². The minimum absolute atomic E-state index is 0.0671. The van der Waals surface area contributed by atoms with Gasteiger partial charge in [-0.15, -0.1) is 0 Å². The lowest BCUT2D eigenvalue weighted by Gasteiger charge is -2.31. The number of amides is 1. The summed E-state index contributed by atoms with van der Waals surface area (Å²) in [6.45, 7) is 2.05. The SMILES string of the molecule is CN(N)/C=C(\N)c1ccc2cnc(NC(=O)C3CCN(C4CC4)CC3)cc2c1. The maximum Gasteiger partial charge on any atom is 0.228 e. The van der Waals surface area contributed by atoms with Crippen molar-refractivity contribution >= 4 is 28.2 Å². The van der Waals surface area contributed by atoms with Crippen LogP contribution in [0.3, 0.4) is 0 Å². The average Bonchev–Trinajstić information content (AvgIpc) is 3.52. The minimum Gasteiger partial charge on any atom is -0.397 e. The molecule has 0 bridgehead atoms. The molecule has 148 valence electrons. The third kappa shape index (κ3) is 4.26. The molecule has 5 N–H and O–H groups in total. The number of rotatable bonds is 5. The number of hydrogen-bond acceptors (Lipinski definition) is 6. The fourth-order valence-electron chi connectivity index (χ4n) is 3.88. The van der Waals surface area contributed by atoms with Crippen molar-refractivity contribution in [2.75, 3.05) is 25.5 Å². The Balaban J connectivity index is 1.45. The zero-order valence-electron chi connectivity index (χ0n) is 16.3. The second-order valence-corrected chi connectivity index (χ2v) is 7.91. The maximum absolute atomic E-state index is 12.7. The number of likely N-dealkylation sites (tertiary alicyclic amines) is 1. The largest absolute Gasteiger partial charge is 0.397 e. The van der Waals surface area contributed by atoms with E-state index in [0.717, 1.165) is 48.3 Å². The first-order chi connectivity index (χ1) is 13.5. The summed E-state index contributed by atoms with van der Waals surface area (Å²) in [6, 6.07) is 8.56. The van der Waals surface area contributed by atoms with E-state index in [4.69, 9.17) is 11.6 Å². The first-order valence-electron chi connectivity index (χ1n) is 9.89. The van der Waals surface area contributed by atoms with Crippen LogP contribution in [0.2, 0.25) is 0 Å². The fraction of sp³-hybridized carbons (Fsp3) is 0.429. The molecule has 28 heavy (non-hydrogen) atoms. The average molecular weight is 380 g/mol. The van der Waals surface area contributed by atoms with Gasteiger partial charge < -0.3 is 21.0 Å². The fourth-order valence-corrected chi connectivity index (χ4v) is 3.88. The second kappa shape index (κ2) is 7.77. The molecular weight excluding hydrogens is 352 g/mol. The number of pyridine rings is 1. The lowest BCUT2D eigenvalue weighted by atomic mass is 9.96. The van der Waals surface area contributed by atoms with Crippen LogP contribution in [0.1, 0.15) is 31.2 Å². The lowest BCUT2D eigenvalue weighted by Crippen LogP contribution is -2.39. The molecule has 7 heteroatoms. The Morgan fingerprint density at radius 1 is 1.21 bits per heavy atom. The van der Waals surface area contributed by atoms with Gasteiger partial charge in [0.25, 0.3) is 0 Å². The number of carbonyl (C=O) groups is 1. The normalized spacial score (nSPS) is 19.0. The van der Waals surface area contributed by atoms with Crippen molar-refractivity contribution in [3.05, 3.63) is 42.2 Å². The Labute approximate surface area is 165 Å². The molecule has 1 aromatic heterocycles. The van der Waals surface area contributed by atoms with Crippen molar-refractivity contribution in [2.45, 2.75) is 31.7 Å². The van der Waals surface area contributed by atoms with Crippen LogP contribution in [0.4, 0.5) is 5.82 Å². The van der Waals surface area contributed by atoms with Crippen LogP contribution < -0.4 is 16.9 Å². The molecule has 0 unspecified atom stereocenters. The summed E-state index contributed by atoms with van der Waals surface area (Å²) < 4.78 is 0. The molecular formula is C21H28N6O. The number of piperidine rings is 1. The molecule has 2 fully saturated rings. The van der Waals surface area contributed by atoms with E-state index in [1.54, 1.807) is 19.4 Å². The minimum atomic E-state index is 0.0671. The van der Waals surface area contributed by atoms with Crippen molar-refractivity contribution < 1.29 is 4.79 Å². The number of benzene rings is 1. The van der Waals surface area contributed by atoms with Crippen LogP contribution in [0.5, 0.6) is 0 Å². The Morgan fingerprint density at radius 3 is 2.64 bits per heavy atom. The highest BCUT2D eigenvalue weighted by molar-refractivity contribution is 5.94. The zero-order chi connectivity index (χ0) is 19.7. The van der Waals surface area contributed by atoms with Crippen molar-refractivity contribution in [2.24, 2.45) is 17.5 Å². The van der Waals surface area contributed by atoms with E-state index in [1.807, 2.05) is 24.3 Å². The summed E-state index contributed by atoms with van der Waals surface area (Å²) in [5.74, 6) is 6.36. The van der Waals surface area contributed by atoms with Gasteiger partial charge in [-0.2, -0.15) is 0 Å². The smallest absolute Gasteiger partial charge is 0.228 e. The summed E-state index contributed by atoms with van der Waals surface area (Å²) in [5, 5.41) is 6.39. The lowest BCUT2D eigenvalue weighted by molar-refractivity contribution is -0.121. The molecule has 0 atom stereocenters. The molecule has 2 aromatic rings. The summed E-state index contributed by atoms with van der Waals surface area (Å²) in [7, 11) is 1.72. The van der Waals surface area contributed by atoms with Crippen LogP contribution >= 0.6 is 0 Å². The molecule has 0 radical (unpaired) electrons. The van der Waals surface area contributed by atoms with Gasteiger partial charge in [-0.1, -0.05) is 12.1 Å². The summed E-state index contributed by atoms with van der Waals surface area (Å²) in [6.07, 6.45) is 7.93. The highest BCUT2D eigenvalue weighted by atomic mass is 16.1. The van der Waals surface area contributed by atoms with Gasteiger partial charge in [0.05, 0.1) is 5.70 Å². The van der Waals surface area contributed by atoms with Gasteiger partial charge in [0.15, 0.2) is 0 Å². The Bertz CT molecular complexity index is 897. The Morgan fingerprint density at radius 2 is 1.96 bits per heavy atom. The van der Waals surface area contributed by atoms with Gasteiger partial charge in [0, 0.05) is 36.8 Å². The van der Waals surface area contributed by atoms with E-state index in [0.29, 0.717) is 11.5 Å². The quantitative estimate of drug-likeness (QED) is 0.543. The van der Waals surface area contributed by atoms with Gasteiger partial charge in [-0.3, -0.25) is 4.79 Å². The number of nitrogens with one attached hydrogen (secondary N) is 1. The molecule has 1 aliphatic carbocycles.